The average molecular weight is 451 g/mol. The molecule has 0 unspecified atom stereocenters. The molecule has 2 N–H and O–H groups in total. The third-order valence-corrected chi connectivity index (χ3v) is 6.73. The number of aliphatic hydroxyl groups is 1. The lowest BCUT2D eigenvalue weighted by molar-refractivity contribution is -0.184. The second kappa shape index (κ2) is 7.60. The lowest BCUT2D eigenvalue weighted by Crippen LogP contribution is -2.48. The maximum Gasteiger partial charge on any atom is 0.391 e. The van der Waals surface area contributed by atoms with Gasteiger partial charge >= 0.3 is 6.18 Å². The Morgan fingerprint density at radius 3 is 2.28 bits per heavy atom. The first-order valence-corrected chi connectivity index (χ1v) is 10.3. The quantitative estimate of drug-likeness (QED) is 0.539. The van der Waals surface area contributed by atoms with Crippen LogP contribution in [0.4, 0.5) is 22.0 Å². The predicted molar refractivity (Wildman–Crippen MR) is 110 cm³/mol. The Bertz CT molecular complexity index is 1130. The zero-order chi connectivity index (χ0) is 23.4. The molecule has 0 aromatic heterocycles. The molecule has 1 saturated carbocycles. The van der Waals surface area contributed by atoms with Crippen LogP contribution in [0.25, 0.3) is 16.7 Å². The number of carbonyl (C=O) groups is 1. The van der Waals surface area contributed by atoms with Gasteiger partial charge in [0, 0.05) is 0 Å². The molecule has 1 aliphatic heterocycles. The van der Waals surface area contributed by atoms with Crippen molar-refractivity contribution in [3.63, 3.8) is 0 Å². The molecule has 3 nitrogen and oxygen atoms in total. The molecule has 170 valence electrons. The van der Waals surface area contributed by atoms with Crippen LogP contribution in [-0.4, -0.2) is 22.7 Å². The third-order valence-electron chi connectivity index (χ3n) is 6.73. The summed E-state index contributed by atoms with van der Waals surface area (Å²) < 4.78 is 66.4. The second-order valence-electron chi connectivity index (χ2n) is 8.63. The van der Waals surface area contributed by atoms with Gasteiger partial charge in [-0.1, -0.05) is 18.2 Å². The minimum absolute atomic E-state index is 0.0147. The van der Waals surface area contributed by atoms with Crippen molar-refractivity contribution < 1.29 is 31.9 Å². The van der Waals surface area contributed by atoms with E-state index in [4.69, 9.17) is 0 Å². The Labute approximate surface area is 181 Å². The number of aryl methyl sites for hydroxylation is 1. The van der Waals surface area contributed by atoms with Crippen LogP contribution in [0.5, 0.6) is 0 Å². The number of halogens is 5. The first kappa shape index (κ1) is 22.3. The number of hydrogen-bond donors (Lipinski definition) is 2. The minimum Gasteiger partial charge on any atom is -0.509 e. The van der Waals surface area contributed by atoms with Crippen LogP contribution in [-0.2, 0) is 4.79 Å². The van der Waals surface area contributed by atoms with E-state index in [1.54, 1.807) is 26.0 Å². The van der Waals surface area contributed by atoms with Crippen molar-refractivity contribution in [2.24, 2.45) is 5.92 Å². The molecule has 1 aliphatic carbocycles. The summed E-state index contributed by atoms with van der Waals surface area (Å²) in [4.78, 5) is 12.9. The van der Waals surface area contributed by atoms with Crippen molar-refractivity contribution in [1.82, 2.24) is 5.32 Å². The zero-order valence-corrected chi connectivity index (χ0v) is 17.5. The highest BCUT2D eigenvalue weighted by atomic mass is 19.4. The van der Waals surface area contributed by atoms with Crippen molar-refractivity contribution in [3.8, 4) is 11.1 Å². The molecule has 4 rings (SSSR count). The SMILES string of the molecule is Cc1ccc(-c2ccc(F)c(F)c2)c(C)c1C1=C(O)[C@]2(CC[C@@H](C(F)(F)F)CC2)NC1=O. The standard InChI is InChI=1S/C24H22F5NO2/c1-12-3-5-16(14-4-6-17(25)18(26)11-14)13(2)19(12)20-21(31)23(30-22(20)32)9-7-15(8-10-23)24(27,28)29/h3-6,11,15,31H,7-10H2,1-2H3,(H,30,32)/t15-,23-. The van der Waals surface area contributed by atoms with Gasteiger partial charge in [-0.2, -0.15) is 13.2 Å². The van der Waals surface area contributed by atoms with Gasteiger partial charge in [-0.25, -0.2) is 8.78 Å². The normalized spacial score (nSPS) is 23.7. The van der Waals surface area contributed by atoms with Crippen molar-refractivity contribution in [2.45, 2.75) is 51.2 Å². The lowest BCUT2D eigenvalue weighted by atomic mass is 9.75. The molecule has 0 bridgehead atoms. The summed E-state index contributed by atoms with van der Waals surface area (Å²) in [5.74, 6) is -4.25. The largest absolute Gasteiger partial charge is 0.509 e. The van der Waals surface area contributed by atoms with Crippen LogP contribution in [0.15, 0.2) is 36.1 Å². The summed E-state index contributed by atoms with van der Waals surface area (Å²) in [6, 6.07) is 6.91. The van der Waals surface area contributed by atoms with Crippen LogP contribution < -0.4 is 5.32 Å². The van der Waals surface area contributed by atoms with E-state index >= 15 is 0 Å². The fourth-order valence-corrected chi connectivity index (χ4v) is 4.93. The number of rotatable bonds is 2. The van der Waals surface area contributed by atoms with Crippen LogP contribution in [0.3, 0.4) is 0 Å². The average Bonchev–Trinajstić information content (AvgIpc) is 2.94. The Balaban J connectivity index is 1.78. The zero-order valence-electron chi connectivity index (χ0n) is 17.5. The smallest absolute Gasteiger partial charge is 0.391 e. The maximum absolute atomic E-state index is 13.8. The summed E-state index contributed by atoms with van der Waals surface area (Å²) in [7, 11) is 0. The molecule has 2 aromatic carbocycles. The van der Waals surface area contributed by atoms with E-state index in [9.17, 15) is 31.9 Å². The van der Waals surface area contributed by atoms with Gasteiger partial charge in [0.2, 0.25) is 0 Å². The Kier molecular flexibility index (Phi) is 5.30. The van der Waals surface area contributed by atoms with Gasteiger partial charge in [0.05, 0.1) is 17.0 Å². The molecular formula is C24H22F5NO2. The number of alkyl halides is 3. The third kappa shape index (κ3) is 3.55. The van der Waals surface area contributed by atoms with E-state index in [1.807, 2.05) is 0 Å². The number of nitrogens with one attached hydrogen (secondary N) is 1. The summed E-state index contributed by atoms with van der Waals surface area (Å²) in [6.07, 6.45) is -4.71. The number of carbonyl (C=O) groups excluding carboxylic acids is 1. The van der Waals surface area contributed by atoms with Gasteiger partial charge in [0.15, 0.2) is 11.6 Å². The van der Waals surface area contributed by atoms with Crippen LogP contribution in [0.1, 0.15) is 42.4 Å². The molecule has 1 amide bonds. The molecule has 0 saturated heterocycles. The molecule has 1 heterocycles. The molecule has 2 aromatic rings. The van der Waals surface area contributed by atoms with E-state index in [1.165, 1.54) is 6.07 Å². The van der Waals surface area contributed by atoms with Gasteiger partial charge in [0.1, 0.15) is 5.76 Å². The van der Waals surface area contributed by atoms with Crippen molar-refractivity contribution >= 4 is 11.5 Å². The van der Waals surface area contributed by atoms with Crippen LogP contribution >= 0.6 is 0 Å². The highest BCUT2D eigenvalue weighted by molar-refractivity contribution is 6.24. The van der Waals surface area contributed by atoms with E-state index < -0.39 is 35.2 Å². The monoisotopic (exact) mass is 451 g/mol. The molecule has 1 fully saturated rings. The number of hydrogen-bond acceptors (Lipinski definition) is 2. The van der Waals surface area contributed by atoms with Crippen LogP contribution in [0.2, 0.25) is 0 Å². The molecular weight excluding hydrogens is 429 g/mol. The fourth-order valence-electron chi connectivity index (χ4n) is 4.93. The Morgan fingerprint density at radius 2 is 1.69 bits per heavy atom. The molecule has 0 atom stereocenters. The van der Waals surface area contributed by atoms with E-state index in [0.717, 1.165) is 12.1 Å². The minimum atomic E-state index is -4.31. The molecule has 8 heteroatoms. The van der Waals surface area contributed by atoms with E-state index in [0.29, 0.717) is 27.8 Å². The number of aliphatic hydroxyl groups excluding tert-OH is 1. The lowest BCUT2D eigenvalue weighted by Gasteiger charge is -2.37. The van der Waals surface area contributed by atoms with Gasteiger partial charge in [-0.05, 0) is 79.5 Å². The number of benzene rings is 2. The summed E-state index contributed by atoms with van der Waals surface area (Å²) in [5.41, 5.74) is 1.46. The van der Waals surface area contributed by atoms with Crippen molar-refractivity contribution in [3.05, 3.63) is 64.4 Å². The molecule has 0 radical (unpaired) electrons. The van der Waals surface area contributed by atoms with Gasteiger partial charge in [-0.15, -0.1) is 0 Å². The van der Waals surface area contributed by atoms with E-state index in [2.05, 4.69) is 5.32 Å². The fraction of sp³-hybridized carbons (Fsp3) is 0.375. The molecule has 2 aliphatic rings. The Morgan fingerprint density at radius 1 is 1.03 bits per heavy atom. The van der Waals surface area contributed by atoms with Crippen molar-refractivity contribution in [2.75, 3.05) is 0 Å². The molecule has 1 spiro atoms. The predicted octanol–water partition coefficient (Wildman–Crippen LogP) is 6.14. The summed E-state index contributed by atoms with van der Waals surface area (Å²) in [6.45, 7) is 3.45. The topological polar surface area (TPSA) is 49.3 Å². The van der Waals surface area contributed by atoms with Gasteiger partial charge in [0.25, 0.3) is 5.91 Å². The van der Waals surface area contributed by atoms with Crippen molar-refractivity contribution in [1.29, 1.82) is 0 Å². The second-order valence-corrected chi connectivity index (χ2v) is 8.63. The number of amides is 1. The Hall–Kier alpha value is -2.90. The van der Waals surface area contributed by atoms with Gasteiger partial charge < -0.3 is 10.4 Å². The summed E-state index contributed by atoms with van der Waals surface area (Å²) >= 11 is 0. The van der Waals surface area contributed by atoms with E-state index in [-0.39, 0.29) is 37.0 Å². The van der Waals surface area contributed by atoms with Crippen LogP contribution in [0, 0.1) is 31.4 Å². The highest BCUT2D eigenvalue weighted by Gasteiger charge is 2.52. The summed E-state index contributed by atoms with van der Waals surface area (Å²) in [5, 5.41) is 13.8. The first-order valence-electron chi connectivity index (χ1n) is 10.3. The maximum atomic E-state index is 13.8. The molecule has 32 heavy (non-hydrogen) atoms. The first-order chi connectivity index (χ1) is 14.9. The van der Waals surface area contributed by atoms with Gasteiger partial charge in [-0.3, -0.25) is 4.79 Å². The highest BCUT2D eigenvalue weighted by Crippen LogP contribution is 2.48.